The molecule has 18 heavy (non-hydrogen) atoms. The number of rotatable bonds is 6. The molecule has 1 saturated heterocycles. The highest BCUT2D eigenvalue weighted by molar-refractivity contribution is 8.00. The molecule has 0 aromatic heterocycles. The second-order valence-electron chi connectivity index (χ2n) is 5.13. The number of nitrogens with two attached hydrogens (primary N) is 1. The lowest BCUT2D eigenvalue weighted by molar-refractivity contribution is -0.120. The van der Waals surface area contributed by atoms with E-state index in [4.69, 9.17) is 5.73 Å². The number of hydrogen-bond donors (Lipinski definition) is 2. The molecular formula is C11H22N2O3S2. The molecule has 0 spiro atoms. The van der Waals surface area contributed by atoms with Gasteiger partial charge in [-0.2, -0.15) is 11.8 Å². The van der Waals surface area contributed by atoms with Crippen molar-refractivity contribution in [2.45, 2.75) is 38.3 Å². The fourth-order valence-electron chi connectivity index (χ4n) is 1.90. The van der Waals surface area contributed by atoms with Crippen molar-refractivity contribution in [3.05, 3.63) is 0 Å². The molecule has 1 rings (SSSR count). The van der Waals surface area contributed by atoms with E-state index < -0.39 is 15.4 Å². The summed E-state index contributed by atoms with van der Waals surface area (Å²) in [6.45, 7) is 3.80. The Morgan fingerprint density at radius 1 is 1.56 bits per heavy atom. The van der Waals surface area contributed by atoms with Gasteiger partial charge in [-0.05, 0) is 19.8 Å². The van der Waals surface area contributed by atoms with Crippen LogP contribution in [0.4, 0.5) is 0 Å². The van der Waals surface area contributed by atoms with Crippen molar-refractivity contribution in [3.8, 4) is 0 Å². The molecule has 1 aliphatic heterocycles. The summed E-state index contributed by atoms with van der Waals surface area (Å²) in [5.41, 5.74) is 5.16. The Hall–Kier alpha value is -0.270. The van der Waals surface area contributed by atoms with E-state index in [0.29, 0.717) is 12.2 Å². The second-order valence-corrected chi connectivity index (χ2v) is 8.35. The van der Waals surface area contributed by atoms with Crippen molar-refractivity contribution in [1.82, 2.24) is 5.32 Å². The molecule has 1 amide bonds. The molecule has 0 radical (unpaired) electrons. The predicted octanol–water partition coefficient (Wildman–Crippen LogP) is 0.150. The van der Waals surface area contributed by atoms with Crippen LogP contribution in [0, 0.1) is 0 Å². The lowest BCUT2D eigenvalue weighted by atomic mass is 10.0. The van der Waals surface area contributed by atoms with E-state index >= 15 is 0 Å². The number of hydrogen-bond acceptors (Lipinski definition) is 5. The third-order valence-corrected chi connectivity index (χ3v) is 6.07. The van der Waals surface area contributed by atoms with Gasteiger partial charge in [0, 0.05) is 11.8 Å². The molecule has 5 nitrogen and oxygen atoms in total. The molecule has 0 aromatic carbocycles. The van der Waals surface area contributed by atoms with Gasteiger partial charge in [-0.15, -0.1) is 0 Å². The maximum absolute atomic E-state index is 11.7. The van der Waals surface area contributed by atoms with Crippen LogP contribution in [0.15, 0.2) is 0 Å². The summed E-state index contributed by atoms with van der Waals surface area (Å²) in [6.07, 6.45) is 1.39. The summed E-state index contributed by atoms with van der Waals surface area (Å²) in [5, 5.41) is 2.82. The quantitative estimate of drug-likeness (QED) is 0.728. The molecule has 1 aliphatic rings. The summed E-state index contributed by atoms with van der Waals surface area (Å²) in [5.74, 6) is 1.19. The fourth-order valence-corrected chi connectivity index (χ4v) is 4.91. The second kappa shape index (κ2) is 6.25. The number of nitrogens with one attached hydrogen (secondary N) is 1. The van der Waals surface area contributed by atoms with Gasteiger partial charge in [0.15, 0.2) is 9.84 Å². The predicted molar refractivity (Wildman–Crippen MR) is 75.4 cm³/mol. The van der Waals surface area contributed by atoms with E-state index in [0.717, 1.165) is 12.2 Å². The molecular weight excluding hydrogens is 272 g/mol. The summed E-state index contributed by atoms with van der Waals surface area (Å²) in [6, 6.07) is 0.116. The Morgan fingerprint density at radius 2 is 2.22 bits per heavy atom. The number of thioether (sulfide) groups is 1. The van der Waals surface area contributed by atoms with Gasteiger partial charge < -0.3 is 11.1 Å². The number of sulfone groups is 1. The molecule has 7 heteroatoms. The largest absolute Gasteiger partial charge is 0.349 e. The Bertz CT molecular complexity index is 397. The smallest absolute Gasteiger partial charge is 0.230 e. The first-order valence-corrected chi connectivity index (χ1v) is 9.09. The van der Waals surface area contributed by atoms with E-state index in [1.54, 1.807) is 6.92 Å². The molecule has 106 valence electrons. The van der Waals surface area contributed by atoms with Gasteiger partial charge in [0.25, 0.3) is 0 Å². The zero-order valence-corrected chi connectivity index (χ0v) is 12.6. The molecule has 1 heterocycles. The zero-order chi connectivity index (χ0) is 13.8. The van der Waals surface area contributed by atoms with Gasteiger partial charge >= 0.3 is 0 Å². The molecule has 0 bridgehead atoms. The molecule has 0 aliphatic carbocycles. The van der Waals surface area contributed by atoms with Crippen LogP contribution in [0.25, 0.3) is 0 Å². The van der Waals surface area contributed by atoms with E-state index in [1.165, 1.54) is 11.8 Å². The Labute approximate surface area is 113 Å². The number of carbonyl (C=O) groups excluding carboxylic acids is 1. The van der Waals surface area contributed by atoms with E-state index in [1.807, 2.05) is 6.92 Å². The van der Waals surface area contributed by atoms with Crippen LogP contribution in [0.5, 0.6) is 0 Å². The Kier molecular flexibility index (Phi) is 5.48. The molecule has 2 unspecified atom stereocenters. The normalized spacial score (nSPS) is 27.9. The maximum atomic E-state index is 11.7. The van der Waals surface area contributed by atoms with E-state index in [-0.39, 0.29) is 23.5 Å². The minimum atomic E-state index is -2.98. The third kappa shape index (κ3) is 5.16. The van der Waals surface area contributed by atoms with Crippen molar-refractivity contribution in [1.29, 1.82) is 0 Å². The monoisotopic (exact) mass is 294 g/mol. The molecule has 3 N–H and O–H groups in total. The highest BCUT2D eigenvalue weighted by atomic mass is 32.2. The van der Waals surface area contributed by atoms with Crippen molar-refractivity contribution in [3.63, 3.8) is 0 Å². The van der Waals surface area contributed by atoms with Gasteiger partial charge in [0.1, 0.15) is 0 Å². The standard InChI is InChI=1S/C11H22N2O3S2/c1-3-9(12)6-17-7-10(14)13-11(2)4-5-18(15,16)8-11/h9H,3-8,12H2,1-2H3,(H,13,14). The van der Waals surface area contributed by atoms with Crippen molar-refractivity contribution in [2.24, 2.45) is 5.73 Å². The first-order chi connectivity index (χ1) is 8.26. The molecule has 1 fully saturated rings. The van der Waals surface area contributed by atoms with Crippen LogP contribution < -0.4 is 11.1 Å². The summed E-state index contributed by atoms with van der Waals surface area (Å²) in [4.78, 5) is 11.7. The Balaban J connectivity index is 2.32. The first kappa shape index (κ1) is 15.8. The van der Waals surface area contributed by atoms with Crippen molar-refractivity contribution in [2.75, 3.05) is 23.0 Å². The van der Waals surface area contributed by atoms with Crippen LogP contribution in [0.1, 0.15) is 26.7 Å². The average Bonchev–Trinajstić information content (AvgIpc) is 2.52. The van der Waals surface area contributed by atoms with Gasteiger partial charge in [0.2, 0.25) is 5.91 Å². The zero-order valence-electron chi connectivity index (χ0n) is 10.9. The van der Waals surface area contributed by atoms with E-state index in [9.17, 15) is 13.2 Å². The highest BCUT2D eigenvalue weighted by Gasteiger charge is 2.39. The van der Waals surface area contributed by atoms with Crippen LogP contribution >= 0.6 is 11.8 Å². The highest BCUT2D eigenvalue weighted by Crippen LogP contribution is 2.22. The van der Waals surface area contributed by atoms with Gasteiger partial charge in [-0.25, -0.2) is 8.42 Å². The summed E-state index contributed by atoms with van der Waals surface area (Å²) in [7, 11) is -2.98. The minimum Gasteiger partial charge on any atom is -0.349 e. The lowest BCUT2D eigenvalue weighted by Gasteiger charge is -2.23. The van der Waals surface area contributed by atoms with Crippen LogP contribution in [-0.2, 0) is 14.6 Å². The number of amides is 1. The van der Waals surface area contributed by atoms with Gasteiger partial charge in [0.05, 0.1) is 22.8 Å². The first-order valence-electron chi connectivity index (χ1n) is 6.11. The van der Waals surface area contributed by atoms with Gasteiger partial charge in [-0.3, -0.25) is 4.79 Å². The molecule has 2 atom stereocenters. The van der Waals surface area contributed by atoms with Gasteiger partial charge in [-0.1, -0.05) is 6.92 Å². The average molecular weight is 294 g/mol. The summed E-state index contributed by atoms with van der Waals surface area (Å²) < 4.78 is 22.8. The SMILES string of the molecule is CCC(N)CSCC(=O)NC1(C)CCS(=O)(=O)C1. The topological polar surface area (TPSA) is 89.3 Å². The Morgan fingerprint density at radius 3 is 2.72 bits per heavy atom. The molecule has 0 saturated carbocycles. The van der Waals surface area contributed by atoms with Crippen molar-refractivity contribution < 1.29 is 13.2 Å². The maximum Gasteiger partial charge on any atom is 0.230 e. The number of carbonyl (C=O) groups is 1. The minimum absolute atomic E-state index is 0.0465. The lowest BCUT2D eigenvalue weighted by Crippen LogP contribution is -2.47. The fraction of sp³-hybridized carbons (Fsp3) is 0.909. The van der Waals surface area contributed by atoms with E-state index in [2.05, 4.69) is 5.32 Å². The third-order valence-electron chi connectivity index (χ3n) is 3.03. The molecule has 0 aromatic rings. The van der Waals surface area contributed by atoms with Crippen molar-refractivity contribution >= 4 is 27.5 Å². The van der Waals surface area contributed by atoms with Crippen LogP contribution in [0.2, 0.25) is 0 Å². The van der Waals surface area contributed by atoms with Crippen LogP contribution in [0.3, 0.4) is 0 Å². The van der Waals surface area contributed by atoms with Crippen LogP contribution in [-0.4, -0.2) is 48.9 Å². The summed E-state index contributed by atoms with van der Waals surface area (Å²) >= 11 is 1.49.